The van der Waals surface area contributed by atoms with Gasteiger partial charge in [0.05, 0.1) is 4.92 Å². The lowest BCUT2D eigenvalue weighted by Crippen LogP contribution is -2.33. The molecule has 1 aliphatic rings. The summed E-state index contributed by atoms with van der Waals surface area (Å²) >= 11 is 0. The predicted molar refractivity (Wildman–Crippen MR) is 108 cm³/mol. The molecule has 0 amide bonds. The normalized spacial score (nSPS) is 18.3. The Hall–Kier alpha value is -2.42. The minimum absolute atomic E-state index is 0.124. The van der Waals surface area contributed by atoms with Gasteiger partial charge in [-0.2, -0.15) is 0 Å². The summed E-state index contributed by atoms with van der Waals surface area (Å²) in [5.41, 5.74) is 6.74. The van der Waals surface area contributed by atoms with E-state index in [4.69, 9.17) is 0 Å². The summed E-state index contributed by atoms with van der Waals surface area (Å²) < 4.78 is 0. The number of non-ortho nitro benzene ring substituents is 1. The van der Waals surface area contributed by atoms with E-state index in [-0.39, 0.29) is 21.4 Å². The van der Waals surface area contributed by atoms with Gasteiger partial charge >= 0.3 is 0 Å². The fraction of sp³-hybridized carbons (Fsp3) is 0.391. The average molecular weight is 349 g/mol. The summed E-state index contributed by atoms with van der Waals surface area (Å²) in [6.07, 6.45) is 4.57. The fourth-order valence-electron chi connectivity index (χ4n) is 3.88. The van der Waals surface area contributed by atoms with Gasteiger partial charge in [0, 0.05) is 12.1 Å². The molecular formula is C23H27NO2. The van der Waals surface area contributed by atoms with Gasteiger partial charge in [-0.25, -0.2) is 0 Å². The molecule has 2 aromatic carbocycles. The van der Waals surface area contributed by atoms with E-state index in [1.165, 1.54) is 29.5 Å². The fourth-order valence-corrected chi connectivity index (χ4v) is 3.88. The Kier molecular flexibility index (Phi) is 4.51. The van der Waals surface area contributed by atoms with Crippen LogP contribution in [0.15, 0.2) is 42.5 Å². The number of nitro groups is 1. The SMILES string of the molecule is C/C(=C\c1ccc2c(c1)C(C)(C)CCC2(C)C)c1ccc([N+](=O)[O-])cc1. The van der Waals surface area contributed by atoms with Gasteiger partial charge < -0.3 is 0 Å². The van der Waals surface area contributed by atoms with Crippen molar-refractivity contribution in [3.8, 4) is 0 Å². The van der Waals surface area contributed by atoms with E-state index in [1.54, 1.807) is 12.1 Å². The van der Waals surface area contributed by atoms with Crippen LogP contribution in [0.5, 0.6) is 0 Å². The quantitative estimate of drug-likeness (QED) is 0.360. The first kappa shape index (κ1) is 18.4. The lowest BCUT2D eigenvalue weighted by Gasteiger charge is -2.42. The molecule has 0 heterocycles. The maximum atomic E-state index is 10.8. The Morgan fingerprint density at radius 3 is 2.12 bits per heavy atom. The maximum absolute atomic E-state index is 10.8. The second-order valence-corrected chi connectivity index (χ2v) is 8.70. The third-order valence-electron chi connectivity index (χ3n) is 5.79. The van der Waals surface area contributed by atoms with Gasteiger partial charge in [-0.3, -0.25) is 10.1 Å². The monoisotopic (exact) mass is 349 g/mol. The largest absolute Gasteiger partial charge is 0.269 e. The van der Waals surface area contributed by atoms with Crippen LogP contribution in [0.2, 0.25) is 0 Å². The van der Waals surface area contributed by atoms with Gasteiger partial charge in [0.2, 0.25) is 0 Å². The van der Waals surface area contributed by atoms with E-state index in [9.17, 15) is 10.1 Å². The second-order valence-electron chi connectivity index (χ2n) is 8.70. The molecular weight excluding hydrogens is 322 g/mol. The molecule has 0 unspecified atom stereocenters. The Morgan fingerprint density at radius 1 is 0.962 bits per heavy atom. The Morgan fingerprint density at radius 2 is 1.54 bits per heavy atom. The van der Waals surface area contributed by atoms with Crippen LogP contribution in [0.1, 0.15) is 69.7 Å². The van der Waals surface area contributed by atoms with E-state index in [0.717, 1.165) is 11.1 Å². The van der Waals surface area contributed by atoms with Crippen molar-refractivity contribution in [2.24, 2.45) is 0 Å². The van der Waals surface area contributed by atoms with Crippen LogP contribution < -0.4 is 0 Å². The van der Waals surface area contributed by atoms with Crippen LogP contribution in [0.4, 0.5) is 5.69 Å². The number of nitro benzene ring substituents is 1. The highest BCUT2D eigenvalue weighted by atomic mass is 16.6. The topological polar surface area (TPSA) is 43.1 Å². The summed E-state index contributed by atoms with van der Waals surface area (Å²) in [6, 6.07) is 13.5. The molecule has 0 atom stereocenters. The Bertz CT molecular complexity index is 874. The Labute approximate surface area is 155 Å². The van der Waals surface area contributed by atoms with Crippen molar-refractivity contribution in [1.82, 2.24) is 0 Å². The summed E-state index contributed by atoms with van der Waals surface area (Å²) in [5, 5.41) is 10.8. The van der Waals surface area contributed by atoms with E-state index in [2.05, 4.69) is 58.9 Å². The van der Waals surface area contributed by atoms with Gasteiger partial charge in [-0.05, 0) is 70.6 Å². The van der Waals surface area contributed by atoms with Crippen molar-refractivity contribution in [3.63, 3.8) is 0 Å². The molecule has 0 aliphatic heterocycles. The first-order chi connectivity index (χ1) is 12.1. The molecule has 3 heteroatoms. The minimum atomic E-state index is -0.365. The van der Waals surface area contributed by atoms with E-state index in [1.807, 2.05) is 12.1 Å². The minimum Gasteiger partial charge on any atom is -0.258 e. The molecule has 0 fully saturated rings. The van der Waals surface area contributed by atoms with Crippen molar-refractivity contribution >= 4 is 17.3 Å². The highest BCUT2D eigenvalue weighted by molar-refractivity contribution is 5.80. The molecule has 0 N–H and O–H groups in total. The van der Waals surface area contributed by atoms with Crippen molar-refractivity contribution in [2.45, 2.75) is 58.3 Å². The number of nitrogens with zero attached hydrogens (tertiary/aromatic N) is 1. The van der Waals surface area contributed by atoms with E-state index >= 15 is 0 Å². The van der Waals surface area contributed by atoms with Crippen LogP contribution in [0.25, 0.3) is 11.6 Å². The Balaban J connectivity index is 1.97. The number of rotatable bonds is 3. The smallest absolute Gasteiger partial charge is 0.258 e. The molecule has 0 saturated carbocycles. The zero-order valence-corrected chi connectivity index (χ0v) is 16.3. The molecule has 136 valence electrons. The lowest BCUT2D eigenvalue weighted by atomic mass is 9.63. The number of fused-ring (bicyclic) bond motifs is 1. The maximum Gasteiger partial charge on any atom is 0.269 e. The molecule has 0 aromatic heterocycles. The van der Waals surface area contributed by atoms with Crippen LogP contribution in [-0.2, 0) is 10.8 Å². The zero-order valence-electron chi connectivity index (χ0n) is 16.3. The molecule has 0 spiro atoms. The molecule has 3 rings (SSSR count). The van der Waals surface area contributed by atoms with Gasteiger partial charge in [-0.15, -0.1) is 0 Å². The van der Waals surface area contributed by atoms with Crippen LogP contribution in [0.3, 0.4) is 0 Å². The summed E-state index contributed by atoms with van der Waals surface area (Å²) in [7, 11) is 0. The van der Waals surface area contributed by atoms with Gasteiger partial charge in [-0.1, -0.05) is 52.0 Å². The highest BCUT2D eigenvalue weighted by Crippen LogP contribution is 2.46. The van der Waals surface area contributed by atoms with Gasteiger partial charge in [0.15, 0.2) is 0 Å². The van der Waals surface area contributed by atoms with Gasteiger partial charge in [0.1, 0.15) is 0 Å². The number of benzene rings is 2. The van der Waals surface area contributed by atoms with Gasteiger partial charge in [0.25, 0.3) is 5.69 Å². The number of hydrogen-bond donors (Lipinski definition) is 0. The predicted octanol–water partition coefficient (Wildman–Crippen LogP) is 6.50. The first-order valence-electron chi connectivity index (χ1n) is 9.18. The average Bonchev–Trinajstić information content (AvgIpc) is 2.59. The zero-order chi connectivity index (χ0) is 19.1. The van der Waals surface area contributed by atoms with Crippen molar-refractivity contribution in [3.05, 3.63) is 74.8 Å². The number of allylic oxidation sites excluding steroid dienone is 1. The lowest BCUT2D eigenvalue weighted by molar-refractivity contribution is -0.384. The summed E-state index contributed by atoms with van der Waals surface area (Å²) in [4.78, 5) is 10.4. The molecule has 1 aliphatic carbocycles. The molecule has 0 saturated heterocycles. The van der Waals surface area contributed by atoms with Crippen molar-refractivity contribution < 1.29 is 4.92 Å². The highest BCUT2D eigenvalue weighted by Gasteiger charge is 2.36. The van der Waals surface area contributed by atoms with Crippen LogP contribution >= 0.6 is 0 Å². The molecule has 26 heavy (non-hydrogen) atoms. The molecule has 3 nitrogen and oxygen atoms in total. The molecule has 2 aromatic rings. The van der Waals surface area contributed by atoms with Crippen LogP contribution in [-0.4, -0.2) is 4.92 Å². The standard InChI is InChI=1S/C23H27NO2/c1-16(18-7-9-19(10-8-18)24(25)26)14-17-6-11-20-21(15-17)23(4,5)13-12-22(20,2)3/h6-11,14-15H,12-13H2,1-5H3/b16-14+. The first-order valence-corrected chi connectivity index (χ1v) is 9.18. The molecule has 0 bridgehead atoms. The molecule has 0 radical (unpaired) electrons. The van der Waals surface area contributed by atoms with Crippen molar-refractivity contribution in [1.29, 1.82) is 0 Å². The third kappa shape index (κ3) is 3.44. The number of hydrogen-bond acceptors (Lipinski definition) is 2. The summed E-state index contributed by atoms with van der Waals surface area (Å²) in [5.74, 6) is 0. The summed E-state index contributed by atoms with van der Waals surface area (Å²) in [6.45, 7) is 11.4. The third-order valence-corrected chi connectivity index (χ3v) is 5.79. The van der Waals surface area contributed by atoms with E-state index < -0.39 is 0 Å². The van der Waals surface area contributed by atoms with Crippen LogP contribution in [0, 0.1) is 10.1 Å². The van der Waals surface area contributed by atoms with E-state index in [0.29, 0.717) is 0 Å². The van der Waals surface area contributed by atoms with Crippen molar-refractivity contribution in [2.75, 3.05) is 0 Å². The second kappa shape index (κ2) is 6.39.